The van der Waals surface area contributed by atoms with Gasteiger partial charge >= 0.3 is 0 Å². The summed E-state index contributed by atoms with van der Waals surface area (Å²) in [5.41, 5.74) is 0.201. The Balaban J connectivity index is 3.78. The van der Waals surface area contributed by atoms with Crippen LogP contribution in [0.2, 0.25) is 0 Å². The van der Waals surface area contributed by atoms with Crippen molar-refractivity contribution in [3.05, 3.63) is 12.7 Å². The van der Waals surface area contributed by atoms with E-state index in [2.05, 4.69) is 44.6 Å². The second kappa shape index (κ2) is 5.33. The van der Waals surface area contributed by atoms with Crippen molar-refractivity contribution in [2.75, 3.05) is 26.7 Å². The van der Waals surface area contributed by atoms with E-state index in [1.54, 1.807) is 0 Å². The lowest BCUT2D eigenvalue weighted by Gasteiger charge is -2.30. The molecule has 1 N–H and O–H groups in total. The van der Waals surface area contributed by atoms with Crippen molar-refractivity contribution in [1.82, 2.24) is 10.2 Å². The normalized spacial score (nSPS) is 12.1. The van der Waals surface area contributed by atoms with Gasteiger partial charge in [0.25, 0.3) is 0 Å². The quantitative estimate of drug-likeness (QED) is 0.608. The SMILES string of the molecule is C=CCN(C)CC(C)(C)NCC. The maximum atomic E-state index is 3.71. The Morgan fingerprint density at radius 1 is 1.50 bits per heavy atom. The van der Waals surface area contributed by atoms with Crippen LogP contribution in [0.3, 0.4) is 0 Å². The molecule has 0 aliphatic rings. The number of rotatable bonds is 6. The van der Waals surface area contributed by atoms with Crippen LogP contribution in [-0.2, 0) is 0 Å². The average molecular weight is 170 g/mol. The Kier molecular flexibility index (Phi) is 5.18. The predicted molar refractivity (Wildman–Crippen MR) is 55.4 cm³/mol. The highest BCUT2D eigenvalue weighted by Gasteiger charge is 2.17. The van der Waals surface area contributed by atoms with Crippen LogP contribution in [-0.4, -0.2) is 37.1 Å². The van der Waals surface area contributed by atoms with Gasteiger partial charge in [-0.3, -0.25) is 0 Å². The summed E-state index contributed by atoms with van der Waals surface area (Å²) >= 11 is 0. The Morgan fingerprint density at radius 2 is 2.08 bits per heavy atom. The monoisotopic (exact) mass is 170 g/mol. The maximum Gasteiger partial charge on any atom is 0.0252 e. The van der Waals surface area contributed by atoms with E-state index in [-0.39, 0.29) is 5.54 Å². The zero-order valence-electron chi connectivity index (χ0n) is 8.85. The maximum absolute atomic E-state index is 3.71. The molecular weight excluding hydrogens is 148 g/mol. The Bertz CT molecular complexity index is 130. The third-order valence-corrected chi connectivity index (χ3v) is 1.76. The molecule has 0 fully saturated rings. The number of likely N-dealkylation sites (N-methyl/N-ethyl adjacent to an activating group) is 2. The number of nitrogens with one attached hydrogen (secondary N) is 1. The van der Waals surface area contributed by atoms with E-state index in [9.17, 15) is 0 Å². The van der Waals surface area contributed by atoms with Gasteiger partial charge < -0.3 is 10.2 Å². The van der Waals surface area contributed by atoms with E-state index in [0.717, 1.165) is 19.6 Å². The minimum atomic E-state index is 0.201. The summed E-state index contributed by atoms with van der Waals surface area (Å²) < 4.78 is 0. The first kappa shape index (κ1) is 11.7. The summed E-state index contributed by atoms with van der Waals surface area (Å²) in [5.74, 6) is 0. The van der Waals surface area contributed by atoms with E-state index in [4.69, 9.17) is 0 Å². The fourth-order valence-corrected chi connectivity index (χ4v) is 1.49. The molecule has 0 aliphatic carbocycles. The molecule has 0 rings (SSSR count). The van der Waals surface area contributed by atoms with Gasteiger partial charge in [-0.05, 0) is 27.4 Å². The van der Waals surface area contributed by atoms with E-state index >= 15 is 0 Å². The largest absolute Gasteiger partial charge is 0.311 e. The Labute approximate surface area is 76.6 Å². The first-order valence-corrected chi connectivity index (χ1v) is 4.56. The average Bonchev–Trinajstić information content (AvgIpc) is 1.85. The van der Waals surface area contributed by atoms with Gasteiger partial charge in [0.2, 0.25) is 0 Å². The van der Waals surface area contributed by atoms with Gasteiger partial charge in [0.15, 0.2) is 0 Å². The second-order valence-corrected chi connectivity index (χ2v) is 3.90. The van der Waals surface area contributed by atoms with Crippen molar-refractivity contribution < 1.29 is 0 Å². The van der Waals surface area contributed by atoms with Crippen LogP contribution in [0, 0.1) is 0 Å². The summed E-state index contributed by atoms with van der Waals surface area (Å²) in [7, 11) is 2.11. The zero-order valence-corrected chi connectivity index (χ0v) is 8.85. The van der Waals surface area contributed by atoms with Crippen molar-refractivity contribution in [2.24, 2.45) is 0 Å². The number of hydrogen-bond donors (Lipinski definition) is 1. The minimum absolute atomic E-state index is 0.201. The van der Waals surface area contributed by atoms with Gasteiger partial charge in [0.1, 0.15) is 0 Å². The number of hydrogen-bond acceptors (Lipinski definition) is 2. The zero-order chi connectivity index (χ0) is 9.61. The third-order valence-electron chi connectivity index (χ3n) is 1.76. The highest BCUT2D eigenvalue weighted by Crippen LogP contribution is 2.03. The summed E-state index contributed by atoms with van der Waals surface area (Å²) in [6.45, 7) is 13.3. The molecule has 2 heteroatoms. The van der Waals surface area contributed by atoms with Gasteiger partial charge in [-0.25, -0.2) is 0 Å². The molecule has 2 nitrogen and oxygen atoms in total. The Hall–Kier alpha value is -0.340. The van der Waals surface area contributed by atoms with Crippen LogP contribution in [0.15, 0.2) is 12.7 Å². The van der Waals surface area contributed by atoms with Gasteiger partial charge in [0, 0.05) is 18.6 Å². The van der Waals surface area contributed by atoms with Gasteiger partial charge in [-0.15, -0.1) is 6.58 Å². The molecule has 0 aromatic rings. The van der Waals surface area contributed by atoms with Crippen LogP contribution in [0.5, 0.6) is 0 Å². The first-order valence-electron chi connectivity index (χ1n) is 4.56. The van der Waals surface area contributed by atoms with Crippen molar-refractivity contribution in [3.63, 3.8) is 0 Å². The van der Waals surface area contributed by atoms with Crippen LogP contribution in [0.25, 0.3) is 0 Å². The summed E-state index contributed by atoms with van der Waals surface area (Å²) in [5, 5.41) is 3.44. The molecule has 12 heavy (non-hydrogen) atoms. The molecule has 0 radical (unpaired) electrons. The number of nitrogens with zero attached hydrogens (tertiary/aromatic N) is 1. The lowest BCUT2D eigenvalue weighted by atomic mass is 10.1. The standard InChI is InChI=1S/C10H22N2/c1-6-8-12(5)9-10(3,4)11-7-2/h6,11H,1,7-9H2,2-5H3. The molecule has 0 aliphatic heterocycles. The lowest BCUT2D eigenvalue weighted by molar-refractivity contribution is 0.255. The van der Waals surface area contributed by atoms with Crippen molar-refractivity contribution >= 4 is 0 Å². The topological polar surface area (TPSA) is 15.3 Å². The molecule has 0 bridgehead atoms. The Morgan fingerprint density at radius 3 is 2.50 bits per heavy atom. The smallest absolute Gasteiger partial charge is 0.0252 e. The first-order chi connectivity index (χ1) is 5.52. The molecule has 0 aromatic heterocycles. The second-order valence-electron chi connectivity index (χ2n) is 3.90. The fourth-order valence-electron chi connectivity index (χ4n) is 1.49. The molecule has 0 aromatic carbocycles. The van der Waals surface area contributed by atoms with Crippen molar-refractivity contribution in [2.45, 2.75) is 26.3 Å². The molecule has 0 saturated carbocycles. The fraction of sp³-hybridized carbons (Fsp3) is 0.800. The summed E-state index contributed by atoms with van der Waals surface area (Å²) in [4.78, 5) is 2.26. The molecular formula is C10H22N2. The summed E-state index contributed by atoms with van der Waals surface area (Å²) in [6, 6.07) is 0. The van der Waals surface area contributed by atoms with Crippen LogP contribution >= 0.6 is 0 Å². The van der Waals surface area contributed by atoms with Crippen molar-refractivity contribution in [3.8, 4) is 0 Å². The molecule has 0 unspecified atom stereocenters. The lowest BCUT2D eigenvalue weighted by Crippen LogP contribution is -2.48. The molecule has 0 saturated heterocycles. The molecule has 0 heterocycles. The highest BCUT2D eigenvalue weighted by atomic mass is 15.1. The molecule has 72 valence electrons. The van der Waals surface area contributed by atoms with Gasteiger partial charge in [-0.1, -0.05) is 13.0 Å². The molecule has 0 spiro atoms. The van der Waals surface area contributed by atoms with E-state index in [1.807, 2.05) is 6.08 Å². The van der Waals surface area contributed by atoms with Crippen molar-refractivity contribution in [1.29, 1.82) is 0 Å². The summed E-state index contributed by atoms with van der Waals surface area (Å²) in [6.07, 6.45) is 1.93. The van der Waals surface area contributed by atoms with Gasteiger partial charge in [0.05, 0.1) is 0 Å². The van der Waals surface area contributed by atoms with E-state index in [1.165, 1.54) is 0 Å². The van der Waals surface area contributed by atoms with Gasteiger partial charge in [-0.2, -0.15) is 0 Å². The van der Waals surface area contributed by atoms with Crippen LogP contribution in [0.4, 0.5) is 0 Å². The van der Waals surface area contributed by atoms with E-state index in [0.29, 0.717) is 0 Å². The van der Waals surface area contributed by atoms with E-state index < -0.39 is 0 Å². The highest BCUT2D eigenvalue weighted by molar-refractivity contribution is 4.82. The van der Waals surface area contributed by atoms with Crippen LogP contribution < -0.4 is 5.32 Å². The van der Waals surface area contributed by atoms with Crippen LogP contribution in [0.1, 0.15) is 20.8 Å². The third kappa shape index (κ3) is 5.33. The predicted octanol–water partition coefficient (Wildman–Crippen LogP) is 1.49. The molecule has 0 amide bonds. The molecule has 0 atom stereocenters. The minimum Gasteiger partial charge on any atom is -0.311 e.